The monoisotopic (exact) mass is 396 g/mol. The Balaban J connectivity index is 1.24. The van der Waals surface area contributed by atoms with Crippen molar-refractivity contribution in [1.29, 1.82) is 0 Å². The van der Waals surface area contributed by atoms with Crippen LogP contribution in [0.15, 0.2) is 0 Å². The summed E-state index contributed by atoms with van der Waals surface area (Å²) in [4.78, 5) is 0. The van der Waals surface area contributed by atoms with Gasteiger partial charge < -0.3 is 18.9 Å². The Labute approximate surface area is 173 Å². The van der Waals surface area contributed by atoms with Crippen molar-refractivity contribution in [1.82, 2.24) is 0 Å². The van der Waals surface area contributed by atoms with Crippen LogP contribution >= 0.6 is 0 Å². The van der Waals surface area contributed by atoms with E-state index in [4.69, 9.17) is 18.9 Å². The van der Waals surface area contributed by atoms with E-state index >= 15 is 0 Å². The maximum absolute atomic E-state index is 6.14. The van der Waals surface area contributed by atoms with Crippen molar-refractivity contribution in [2.45, 2.75) is 89.3 Å². The van der Waals surface area contributed by atoms with Crippen LogP contribution in [0, 0.1) is 23.7 Å². The van der Waals surface area contributed by atoms with Crippen LogP contribution in [0.25, 0.3) is 0 Å². The lowest BCUT2D eigenvalue weighted by atomic mass is 9.82. The fourth-order valence-corrected chi connectivity index (χ4v) is 5.69. The first-order valence-electron chi connectivity index (χ1n) is 12.0. The lowest BCUT2D eigenvalue weighted by Gasteiger charge is -2.33. The average Bonchev–Trinajstić information content (AvgIpc) is 2.75. The van der Waals surface area contributed by atoms with E-state index in [-0.39, 0.29) is 0 Å². The van der Waals surface area contributed by atoms with Crippen LogP contribution in [-0.4, -0.2) is 52.9 Å². The molecule has 0 radical (unpaired) electrons. The predicted molar refractivity (Wildman–Crippen MR) is 113 cm³/mol. The molecule has 3 fully saturated rings. The van der Waals surface area contributed by atoms with Gasteiger partial charge in [-0.15, -0.1) is 0 Å². The lowest BCUT2D eigenvalue weighted by molar-refractivity contribution is -0.0374. The summed E-state index contributed by atoms with van der Waals surface area (Å²) in [5.41, 5.74) is 0. The van der Waals surface area contributed by atoms with Crippen LogP contribution in [0.5, 0.6) is 0 Å². The van der Waals surface area contributed by atoms with Crippen molar-refractivity contribution in [3.63, 3.8) is 0 Å². The second-order valence-electron chi connectivity index (χ2n) is 9.60. The fraction of sp³-hybridized carbons (Fsp3) is 1.00. The first-order chi connectivity index (χ1) is 13.8. The summed E-state index contributed by atoms with van der Waals surface area (Å²) in [5.74, 6) is 2.72. The van der Waals surface area contributed by atoms with Gasteiger partial charge in [-0.2, -0.15) is 0 Å². The Morgan fingerprint density at radius 2 is 0.893 bits per heavy atom. The molecule has 0 aromatic heterocycles. The molecule has 4 nitrogen and oxygen atoms in total. The second-order valence-corrected chi connectivity index (χ2v) is 9.60. The predicted octanol–water partition coefficient (Wildman–Crippen LogP) is 5.24. The van der Waals surface area contributed by atoms with Crippen LogP contribution in [0.4, 0.5) is 0 Å². The van der Waals surface area contributed by atoms with Gasteiger partial charge in [0, 0.05) is 39.3 Å². The summed E-state index contributed by atoms with van der Waals surface area (Å²) in [6.07, 6.45) is 16.3. The van der Waals surface area contributed by atoms with Gasteiger partial charge in [0.25, 0.3) is 0 Å². The van der Waals surface area contributed by atoms with Crippen molar-refractivity contribution in [3.05, 3.63) is 0 Å². The molecular formula is C24H44O4. The smallest absolute Gasteiger partial charge is 0.0621 e. The molecule has 0 bridgehead atoms. The Bertz CT molecular complexity index is 369. The molecule has 3 aliphatic carbocycles. The molecule has 0 aromatic rings. The van der Waals surface area contributed by atoms with Gasteiger partial charge in [-0.05, 0) is 63.2 Å². The van der Waals surface area contributed by atoms with Gasteiger partial charge in [0.1, 0.15) is 0 Å². The second kappa shape index (κ2) is 12.5. The van der Waals surface area contributed by atoms with E-state index in [1.54, 1.807) is 0 Å². The maximum Gasteiger partial charge on any atom is 0.0621 e. The van der Waals surface area contributed by atoms with Crippen LogP contribution in [0.1, 0.15) is 77.0 Å². The largest absolute Gasteiger partial charge is 0.381 e. The third-order valence-electron chi connectivity index (χ3n) is 7.62. The van der Waals surface area contributed by atoms with E-state index in [1.807, 2.05) is 14.2 Å². The van der Waals surface area contributed by atoms with Gasteiger partial charge >= 0.3 is 0 Å². The zero-order valence-corrected chi connectivity index (χ0v) is 18.4. The maximum atomic E-state index is 6.14. The van der Waals surface area contributed by atoms with E-state index in [2.05, 4.69) is 0 Å². The third kappa shape index (κ3) is 6.97. The van der Waals surface area contributed by atoms with Crippen LogP contribution in [-0.2, 0) is 18.9 Å². The molecule has 4 atom stereocenters. The minimum Gasteiger partial charge on any atom is -0.381 e. The molecule has 0 amide bonds. The van der Waals surface area contributed by atoms with Crippen molar-refractivity contribution < 1.29 is 18.9 Å². The van der Waals surface area contributed by atoms with Crippen molar-refractivity contribution >= 4 is 0 Å². The first-order valence-corrected chi connectivity index (χ1v) is 12.0. The standard InChI is InChI=1S/C24H44O4/c1-25-23-9-5-3-7-21(23)17-27-15-19-11-13-20(14-12-19)16-28-18-22-8-4-6-10-24(22)26-2/h19-24H,3-18H2,1-2H3. The zero-order chi connectivity index (χ0) is 19.6. The quantitative estimate of drug-likeness (QED) is 0.506. The summed E-state index contributed by atoms with van der Waals surface area (Å²) < 4.78 is 23.6. The average molecular weight is 397 g/mol. The van der Waals surface area contributed by atoms with Crippen molar-refractivity contribution in [3.8, 4) is 0 Å². The highest BCUT2D eigenvalue weighted by molar-refractivity contribution is 4.78. The molecule has 3 aliphatic rings. The highest BCUT2D eigenvalue weighted by Gasteiger charge is 2.28. The van der Waals surface area contributed by atoms with Gasteiger partial charge in [-0.3, -0.25) is 0 Å². The molecule has 3 saturated carbocycles. The van der Waals surface area contributed by atoms with Gasteiger partial charge in [0.05, 0.1) is 25.4 Å². The molecular weight excluding hydrogens is 352 g/mol. The SMILES string of the molecule is COC1CCCCC1COCC1CCC(COCC2CCCCC2OC)CC1. The van der Waals surface area contributed by atoms with Crippen molar-refractivity contribution in [2.24, 2.45) is 23.7 Å². The minimum absolute atomic E-state index is 0.420. The first kappa shape index (κ1) is 22.5. The summed E-state index contributed by atoms with van der Waals surface area (Å²) in [6, 6.07) is 0. The normalized spacial score (nSPS) is 37.1. The minimum atomic E-state index is 0.420. The van der Waals surface area contributed by atoms with E-state index in [1.165, 1.54) is 77.0 Å². The van der Waals surface area contributed by atoms with Crippen LogP contribution in [0.3, 0.4) is 0 Å². The highest BCUT2D eigenvalue weighted by atomic mass is 16.5. The lowest BCUT2D eigenvalue weighted by Crippen LogP contribution is -2.32. The van der Waals surface area contributed by atoms with E-state index in [0.717, 1.165) is 38.3 Å². The fourth-order valence-electron chi connectivity index (χ4n) is 5.69. The Hall–Kier alpha value is -0.160. The van der Waals surface area contributed by atoms with Crippen LogP contribution < -0.4 is 0 Å². The number of hydrogen-bond donors (Lipinski definition) is 0. The molecule has 28 heavy (non-hydrogen) atoms. The zero-order valence-electron chi connectivity index (χ0n) is 18.4. The number of hydrogen-bond acceptors (Lipinski definition) is 4. The number of methoxy groups -OCH3 is 2. The van der Waals surface area contributed by atoms with Crippen LogP contribution in [0.2, 0.25) is 0 Å². The molecule has 0 N–H and O–H groups in total. The molecule has 4 unspecified atom stereocenters. The molecule has 0 saturated heterocycles. The van der Waals surface area contributed by atoms with Gasteiger partial charge in [-0.1, -0.05) is 25.7 Å². The summed E-state index contributed by atoms with van der Waals surface area (Å²) in [5, 5.41) is 0. The Kier molecular flexibility index (Phi) is 10.1. The third-order valence-corrected chi connectivity index (χ3v) is 7.62. The summed E-state index contributed by atoms with van der Waals surface area (Å²) in [7, 11) is 3.71. The van der Waals surface area contributed by atoms with E-state index in [9.17, 15) is 0 Å². The summed E-state index contributed by atoms with van der Waals surface area (Å²) in [6.45, 7) is 3.67. The number of ether oxygens (including phenoxy) is 4. The highest BCUT2D eigenvalue weighted by Crippen LogP contribution is 2.32. The Morgan fingerprint density at radius 1 is 0.500 bits per heavy atom. The number of rotatable bonds is 10. The molecule has 3 rings (SSSR count). The van der Waals surface area contributed by atoms with Gasteiger partial charge in [0.15, 0.2) is 0 Å². The van der Waals surface area contributed by atoms with E-state index < -0.39 is 0 Å². The molecule has 164 valence electrons. The molecule has 0 aliphatic heterocycles. The molecule has 4 heteroatoms. The summed E-state index contributed by atoms with van der Waals surface area (Å²) >= 11 is 0. The van der Waals surface area contributed by atoms with Crippen molar-refractivity contribution in [2.75, 3.05) is 40.6 Å². The molecule has 0 heterocycles. The molecule has 0 aromatic carbocycles. The molecule has 0 spiro atoms. The van der Waals surface area contributed by atoms with Gasteiger partial charge in [0.2, 0.25) is 0 Å². The van der Waals surface area contributed by atoms with Gasteiger partial charge in [-0.25, -0.2) is 0 Å². The van der Waals surface area contributed by atoms with E-state index in [0.29, 0.717) is 24.0 Å². The topological polar surface area (TPSA) is 36.9 Å². The Morgan fingerprint density at radius 3 is 1.29 bits per heavy atom.